The molecule has 0 aliphatic carbocycles. The average molecular weight is 465 g/mol. The van der Waals surface area contributed by atoms with Gasteiger partial charge in [0.05, 0.1) is 4.90 Å². The third-order valence-electron chi connectivity index (χ3n) is 5.42. The third kappa shape index (κ3) is 5.79. The summed E-state index contributed by atoms with van der Waals surface area (Å²) in [6.45, 7) is 6.54. The van der Waals surface area contributed by atoms with Gasteiger partial charge in [-0.15, -0.1) is 0 Å². The van der Waals surface area contributed by atoms with Crippen LogP contribution in [-0.4, -0.2) is 37.8 Å². The molecule has 0 unspecified atom stereocenters. The summed E-state index contributed by atoms with van der Waals surface area (Å²) in [7, 11) is -3.51. The van der Waals surface area contributed by atoms with E-state index < -0.39 is 16.1 Å². The lowest BCUT2D eigenvalue weighted by molar-refractivity contribution is -0.122. The molecule has 1 heterocycles. The zero-order valence-electron chi connectivity index (χ0n) is 18.2. The standard InChI is InChI=1S/C23H29ClN2O4S/c1-16-14-20(15-17(2)22(16)24)30-18(3)23(27)25-19-8-10-21(11-9-19)31(28,29)26-12-6-4-5-7-13-26/h8-11,14-15,18H,4-7,12-13H2,1-3H3,(H,25,27)/t18-/m0/s1. The summed E-state index contributed by atoms with van der Waals surface area (Å²) in [5.41, 5.74) is 2.27. The van der Waals surface area contributed by atoms with Crippen molar-refractivity contribution < 1.29 is 17.9 Å². The van der Waals surface area contributed by atoms with Gasteiger partial charge < -0.3 is 10.1 Å². The minimum absolute atomic E-state index is 0.240. The van der Waals surface area contributed by atoms with Gasteiger partial charge in [0.15, 0.2) is 6.10 Å². The number of hydrogen-bond donors (Lipinski definition) is 1. The second kappa shape index (κ2) is 10.0. The average Bonchev–Trinajstić information content (AvgIpc) is 3.02. The van der Waals surface area contributed by atoms with Gasteiger partial charge in [-0.25, -0.2) is 8.42 Å². The summed E-state index contributed by atoms with van der Waals surface area (Å²) >= 11 is 6.18. The molecule has 1 N–H and O–H groups in total. The second-order valence-electron chi connectivity index (χ2n) is 7.96. The molecule has 1 aliphatic heterocycles. The number of nitrogens with zero attached hydrogens (tertiary/aromatic N) is 1. The van der Waals surface area contributed by atoms with Crippen molar-refractivity contribution in [3.05, 3.63) is 52.5 Å². The van der Waals surface area contributed by atoms with Crippen LogP contribution in [0.4, 0.5) is 5.69 Å². The fourth-order valence-electron chi connectivity index (χ4n) is 3.62. The van der Waals surface area contributed by atoms with Crippen molar-refractivity contribution in [2.45, 2.75) is 57.5 Å². The summed E-state index contributed by atoms with van der Waals surface area (Å²) in [5.74, 6) is 0.245. The maximum Gasteiger partial charge on any atom is 0.265 e. The van der Waals surface area contributed by atoms with Gasteiger partial charge in [-0.3, -0.25) is 4.79 Å². The molecule has 1 atom stereocenters. The van der Waals surface area contributed by atoms with E-state index in [4.69, 9.17) is 16.3 Å². The molecule has 1 saturated heterocycles. The molecular formula is C23H29ClN2O4S. The van der Waals surface area contributed by atoms with Gasteiger partial charge >= 0.3 is 0 Å². The first-order chi connectivity index (χ1) is 14.7. The van der Waals surface area contributed by atoms with Crippen LogP contribution in [0.3, 0.4) is 0 Å². The summed E-state index contributed by atoms with van der Waals surface area (Å²) in [5, 5.41) is 3.45. The highest BCUT2D eigenvalue weighted by Crippen LogP contribution is 2.27. The maximum absolute atomic E-state index is 12.9. The fourth-order valence-corrected chi connectivity index (χ4v) is 5.24. The first-order valence-electron chi connectivity index (χ1n) is 10.5. The molecule has 0 saturated carbocycles. The number of sulfonamides is 1. The molecule has 31 heavy (non-hydrogen) atoms. The quantitative estimate of drug-likeness (QED) is 0.657. The molecule has 0 bridgehead atoms. The topological polar surface area (TPSA) is 75.7 Å². The van der Waals surface area contributed by atoms with Crippen LogP contribution in [0.1, 0.15) is 43.7 Å². The van der Waals surface area contributed by atoms with E-state index in [-0.39, 0.29) is 10.8 Å². The molecule has 1 aliphatic rings. The predicted molar refractivity (Wildman–Crippen MR) is 123 cm³/mol. The van der Waals surface area contributed by atoms with Crippen LogP contribution in [0.15, 0.2) is 41.3 Å². The van der Waals surface area contributed by atoms with Gasteiger partial charge in [0.2, 0.25) is 10.0 Å². The summed E-state index contributed by atoms with van der Waals surface area (Å²) < 4.78 is 33.1. The van der Waals surface area contributed by atoms with Gasteiger partial charge in [-0.1, -0.05) is 24.4 Å². The van der Waals surface area contributed by atoms with E-state index in [0.29, 0.717) is 29.5 Å². The Bertz CT molecular complexity index is 1010. The number of aryl methyl sites for hydroxylation is 2. The Kier molecular flexibility index (Phi) is 7.62. The van der Waals surface area contributed by atoms with Gasteiger partial charge in [0.1, 0.15) is 5.75 Å². The number of carbonyl (C=O) groups is 1. The lowest BCUT2D eigenvalue weighted by Gasteiger charge is -2.20. The molecular weight excluding hydrogens is 436 g/mol. The van der Waals surface area contributed by atoms with Crippen molar-refractivity contribution in [1.29, 1.82) is 0 Å². The lowest BCUT2D eigenvalue weighted by Crippen LogP contribution is -2.32. The van der Waals surface area contributed by atoms with Crippen molar-refractivity contribution in [2.24, 2.45) is 0 Å². The summed E-state index contributed by atoms with van der Waals surface area (Å²) in [6, 6.07) is 9.86. The summed E-state index contributed by atoms with van der Waals surface area (Å²) in [4.78, 5) is 12.8. The van der Waals surface area contributed by atoms with Crippen LogP contribution in [0, 0.1) is 13.8 Å². The molecule has 168 valence electrons. The van der Waals surface area contributed by atoms with E-state index in [2.05, 4.69) is 5.32 Å². The second-order valence-corrected chi connectivity index (χ2v) is 10.3. The van der Waals surface area contributed by atoms with Crippen molar-refractivity contribution in [2.75, 3.05) is 18.4 Å². The number of anilines is 1. The number of hydrogen-bond acceptors (Lipinski definition) is 4. The smallest absolute Gasteiger partial charge is 0.265 e. The van der Waals surface area contributed by atoms with Crippen molar-refractivity contribution in [1.82, 2.24) is 4.31 Å². The lowest BCUT2D eigenvalue weighted by atomic mass is 10.1. The minimum atomic E-state index is -3.51. The number of rotatable bonds is 6. The first kappa shape index (κ1) is 23.6. The molecule has 3 rings (SSSR count). The normalized spacial score (nSPS) is 16.4. The van der Waals surface area contributed by atoms with Gasteiger partial charge in [0.25, 0.3) is 5.91 Å². The number of benzene rings is 2. The molecule has 2 aromatic rings. The van der Waals surface area contributed by atoms with Crippen LogP contribution in [-0.2, 0) is 14.8 Å². The van der Waals surface area contributed by atoms with Gasteiger partial charge in [-0.2, -0.15) is 4.31 Å². The zero-order chi connectivity index (χ0) is 22.6. The molecule has 2 aromatic carbocycles. The monoisotopic (exact) mass is 464 g/mol. The van der Waals surface area contributed by atoms with Gasteiger partial charge in [-0.05, 0) is 81.1 Å². The Morgan fingerprint density at radius 1 is 1.03 bits per heavy atom. The molecule has 8 heteroatoms. The number of nitrogens with one attached hydrogen (secondary N) is 1. The molecule has 1 fully saturated rings. The maximum atomic E-state index is 12.9. The van der Waals surface area contributed by atoms with Crippen LogP contribution in [0.2, 0.25) is 5.02 Å². The number of carbonyl (C=O) groups excluding carboxylic acids is 1. The molecule has 6 nitrogen and oxygen atoms in total. The Balaban J connectivity index is 1.64. The van der Waals surface area contributed by atoms with Crippen molar-refractivity contribution in [3.63, 3.8) is 0 Å². The Morgan fingerprint density at radius 2 is 1.58 bits per heavy atom. The Hall–Kier alpha value is -2.09. The molecule has 1 amide bonds. The van der Waals surface area contributed by atoms with Crippen LogP contribution in [0.5, 0.6) is 5.75 Å². The van der Waals surface area contributed by atoms with Crippen molar-refractivity contribution >= 4 is 33.2 Å². The van der Waals surface area contributed by atoms with E-state index in [1.54, 1.807) is 35.5 Å². The largest absolute Gasteiger partial charge is 0.481 e. The van der Waals surface area contributed by atoms with Crippen LogP contribution >= 0.6 is 11.6 Å². The SMILES string of the molecule is Cc1cc(O[C@@H](C)C(=O)Nc2ccc(S(=O)(=O)N3CCCCCC3)cc2)cc(C)c1Cl. The summed E-state index contributed by atoms with van der Waals surface area (Å²) in [6.07, 6.45) is 3.16. The Labute approximate surface area is 189 Å². The van der Waals surface area contributed by atoms with E-state index in [1.807, 2.05) is 13.8 Å². The number of amides is 1. The highest BCUT2D eigenvalue weighted by Gasteiger charge is 2.25. The molecule has 0 radical (unpaired) electrons. The minimum Gasteiger partial charge on any atom is -0.481 e. The Morgan fingerprint density at radius 3 is 2.13 bits per heavy atom. The highest BCUT2D eigenvalue weighted by molar-refractivity contribution is 7.89. The molecule has 0 spiro atoms. The van der Waals surface area contributed by atoms with Crippen molar-refractivity contribution in [3.8, 4) is 5.75 Å². The highest BCUT2D eigenvalue weighted by atomic mass is 35.5. The van der Waals surface area contributed by atoms with E-state index in [9.17, 15) is 13.2 Å². The number of ether oxygens (including phenoxy) is 1. The first-order valence-corrected chi connectivity index (χ1v) is 12.3. The predicted octanol–water partition coefficient (Wildman–Crippen LogP) is 4.93. The van der Waals surface area contributed by atoms with Crippen LogP contribution < -0.4 is 10.1 Å². The van der Waals surface area contributed by atoms with Crippen LogP contribution in [0.25, 0.3) is 0 Å². The third-order valence-corrected chi connectivity index (χ3v) is 7.93. The van der Waals surface area contributed by atoms with Gasteiger partial charge in [0, 0.05) is 23.8 Å². The number of halogens is 1. The molecule has 0 aromatic heterocycles. The van der Waals surface area contributed by atoms with E-state index >= 15 is 0 Å². The van der Waals surface area contributed by atoms with E-state index in [1.165, 1.54) is 12.1 Å². The fraction of sp³-hybridized carbons (Fsp3) is 0.435. The zero-order valence-corrected chi connectivity index (χ0v) is 19.7. The van der Waals surface area contributed by atoms with E-state index in [0.717, 1.165) is 36.8 Å².